The van der Waals surface area contributed by atoms with Crippen LogP contribution in [0.4, 0.5) is 0 Å². The Hall–Kier alpha value is -0.620. The zero-order valence-electron chi connectivity index (χ0n) is 7.29. The lowest BCUT2D eigenvalue weighted by Gasteiger charge is -2.06. The van der Waals surface area contributed by atoms with E-state index >= 15 is 0 Å². The summed E-state index contributed by atoms with van der Waals surface area (Å²) < 4.78 is 2.41. The van der Waals surface area contributed by atoms with Gasteiger partial charge >= 0.3 is 0 Å². The van der Waals surface area contributed by atoms with Gasteiger partial charge in [-0.05, 0) is 34.7 Å². The minimum atomic E-state index is -0.127. The van der Waals surface area contributed by atoms with Gasteiger partial charge in [-0.2, -0.15) is 0 Å². The molecule has 14 heavy (non-hydrogen) atoms. The van der Waals surface area contributed by atoms with E-state index < -0.39 is 0 Å². The quantitative estimate of drug-likeness (QED) is 0.698. The SMILES string of the molecule is Cn1c(=O)cnc2ccc(Cl)c(I)c21. The van der Waals surface area contributed by atoms with Gasteiger partial charge in [0.25, 0.3) is 5.56 Å². The van der Waals surface area contributed by atoms with Crippen LogP contribution in [0.2, 0.25) is 5.02 Å². The number of benzene rings is 1. The summed E-state index contributed by atoms with van der Waals surface area (Å²) in [4.78, 5) is 15.4. The molecular weight excluding hydrogens is 314 g/mol. The molecule has 0 spiro atoms. The van der Waals surface area contributed by atoms with Crippen LogP contribution in [-0.2, 0) is 7.05 Å². The average molecular weight is 321 g/mol. The number of rotatable bonds is 0. The zero-order valence-corrected chi connectivity index (χ0v) is 10.2. The van der Waals surface area contributed by atoms with Crippen molar-refractivity contribution in [2.75, 3.05) is 0 Å². The zero-order chi connectivity index (χ0) is 10.3. The fourth-order valence-electron chi connectivity index (χ4n) is 1.27. The van der Waals surface area contributed by atoms with E-state index in [1.54, 1.807) is 23.7 Å². The molecule has 1 heterocycles. The number of hydrogen-bond donors (Lipinski definition) is 0. The van der Waals surface area contributed by atoms with E-state index in [1.165, 1.54) is 6.20 Å². The molecule has 0 amide bonds. The van der Waals surface area contributed by atoms with Gasteiger partial charge in [0.2, 0.25) is 0 Å². The normalized spacial score (nSPS) is 10.8. The second kappa shape index (κ2) is 3.51. The maximum absolute atomic E-state index is 11.4. The monoisotopic (exact) mass is 320 g/mol. The Morgan fingerprint density at radius 3 is 2.93 bits per heavy atom. The molecule has 1 aromatic carbocycles. The van der Waals surface area contributed by atoms with E-state index in [0.29, 0.717) is 5.02 Å². The summed E-state index contributed by atoms with van der Waals surface area (Å²) in [6.45, 7) is 0. The van der Waals surface area contributed by atoms with Gasteiger partial charge < -0.3 is 4.57 Å². The average Bonchev–Trinajstić information content (AvgIpc) is 2.17. The number of aromatic nitrogens is 2. The lowest BCUT2D eigenvalue weighted by molar-refractivity contribution is 0.889. The molecule has 0 N–H and O–H groups in total. The minimum absolute atomic E-state index is 0.127. The summed E-state index contributed by atoms with van der Waals surface area (Å²) in [6.07, 6.45) is 1.31. The molecule has 0 fully saturated rings. The van der Waals surface area contributed by atoms with E-state index in [0.717, 1.165) is 14.6 Å². The summed E-state index contributed by atoms with van der Waals surface area (Å²) in [5.41, 5.74) is 1.43. The lowest BCUT2D eigenvalue weighted by atomic mass is 10.3. The third-order valence-electron chi connectivity index (χ3n) is 2.03. The van der Waals surface area contributed by atoms with E-state index in [1.807, 2.05) is 0 Å². The molecule has 0 atom stereocenters. The van der Waals surface area contributed by atoms with Crippen LogP contribution in [0, 0.1) is 3.57 Å². The number of fused-ring (bicyclic) bond motifs is 1. The number of halogens is 2. The fraction of sp³-hybridized carbons (Fsp3) is 0.111. The molecule has 0 aliphatic heterocycles. The van der Waals surface area contributed by atoms with Crippen LogP contribution in [-0.4, -0.2) is 9.55 Å². The summed E-state index contributed by atoms with van der Waals surface area (Å²) in [5.74, 6) is 0. The summed E-state index contributed by atoms with van der Waals surface area (Å²) in [5, 5.41) is 0.640. The fourth-order valence-corrected chi connectivity index (χ4v) is 2.24. The van der Waals surface area contributed by atoms with Crippen LogP contribution in [0.5, 0.6) is 0 Å². The van der Waals surface area contributed by atoms with Crippen molar-refractivity contribution in [3.63, 3.8) is 0 Å². The molecule has 5 heteroatoms. The molecule has 2 rings (SSSR count). The Morgan fingerprint density at radius 2 is 2.21 bits per heavy atom. The van der Waals surface area contributed by atoms with Crippen LogP contribution in [0.25, 0.3) is 11.0 Å². The van der Waals surface area contributed by atoms with E-state index in [2.05, 4.69) is 27.6 Å². The van der Waals surface area contributed by atoms with Crippen molar-refractivity contribution in [2.24, 2.45) is 7.05 Å². The van der Waals surface area contributed by atoms with E-state index in [4.69, 9.17) is 11.6 Å². The molecule has 0 saturated heterocycles. The Kier molecular flexibility index (Phi) is 2.48. The van der Waals surface area contributed by atoms with Crippen molar-refractivity contribution in [3.05, 3.63) is 37.3 Å². The predicted octanol–water partition coefficient (Wildman–Crippen LogP) is 2.19. The first kappa shape index (κ1) is 9.92. The topological polar surface area (TPSA) is 34.9 Å². The minimum Gasteiger partial charge on any atom is -0.308 e. The number of hydrogen-bond acceptors (Lipinski definition) is 2. The predicted molar refractivity (Wildman–Crippen MR) is 64.7 cm³/mol. The van der Waals surface area contributed by atoms with Crippen LogP contribution >= 0.6 is 34.2 Å². The molecular formula is C9H6ClIN2O. The van der Waals surface area contributed by atoms with Crippen LogP contribution in [0.15, 0.2) is 23.1 Å². The lowest BCUT2D eigenvalue weighted by Crippen LogP contribution is -2.17. The summed E-state index contributed by atoms with van der Waals surface area (Å²) in [7, 11) is 1.71. The Bertz CT molecular complexity index is 564. The first-order valence-corrected chi connectivity index (χ1v) is 5.36. The van der Waals surface area contributed by atoms with Crippen LogP contribution < -0.4 is 5.56 Å². The Morgan fingerprint density at radius 1 is 1.50 bits per heavy atom. The summed E-state index contributed by atoms with van der Waals surface area (Å²) >= 11 is 8.07. The van der Waals surface area contributed by atoms with Crippen molar-refractivity contribution in [3.8, 4) is 0 Å². The highest BCUT2D eigenvalue weighted by atomic mass is 127. The van der Waals surface area contributed by atoms with Gasteiger partial charge in [-0.1, -0.05) is 11.6 Å². The molecule has 3 nitrogen and oxygen atoms in total. The van der Waals surface area contributed by atoms with Crippen LogP contribution in [0.1, 0.15) is 0 Å². The molecule has 72 valence electrons. The molecule has 0 saturated carbocycles. The second-order valence-corrected chi connectivity index (χ2v) is 4.37. The Balaban J connectivity index is 3.06. The van der Waals surface area contributed by atoms with Gasteiger partial charge in [0.1, 0.15) is 0 Å². The van der Waals surface area contributed by atoms with Gasteiger partial charge in [-0.15, -0.1) is 0 Å². The molecule has 0 aliphatic carbocycles. The maximum atomic E-state index is 11.4. The highest BCUT2D eigenvalue weighted by Gasteiger charge is 2.07. The molecule has 1 aromatic heterocycles. The van der Waals surface area contributed by atoms with Crippen molar-refractivity contribution >= 4 is 45.2 Å². The van der Waals surface area contributed by atoms with Crippen LogP contribution in [0.3, 0.4) is 0 Å². The van der Waals surface area contributed by atoms with E-state index in [-0.39, 0.29) is 5.56 Å². The molecule has 0 unspecified atom stereocenters. The van der Waals surface area contributed by atoms with Crippen molar-refractivity contribution in [2.45, 2.75) is 0 Å². The smallest absolute Gasteiger partial charge is 0.269 e. The first-order valence-electron chi connectivity index (χ1n) is 3.91. The highest BCUT2D eigenvalue weighted by Crippen LogP contribution is 2.24. The molecule has 0 radical (unpaired) electrons. The summed E-state index contributed by atoms with van der Waals surface area (Å²) in [6, 6.07) is 3.59. The second-order valence-electron chi connectivity index (χ2n) is 2.88. The van der Waals surface area contributed by atoms with Gasteiger partial charge in [0.15, 0.2) is 0 Å². The molecule has 2 aromatic rings. The third kappa shape index (κ3) is 1.42. The maximum Gasteiger partial charge on any atom is 0.269 e. The van der Waals surface area contributed by atoms with Gasteiger partial charge in [0.05, 0.1) is 25.8 Å². The highest BCUT2D eigenvalue weighted by molar-refractivity contribution is 14.1. The van der Waals surface area contributed by atoms with Crippen molar-refractivity contribution in [1.82, 2.24) is 9.55 Å². The van der Waals surface area contributed by atoms with Gasteiger partial charge in [-0.25, -0.2) is 4.98 Å². The molecule has 0 aliphatic rings. The first-order chi connectivity index (χ1) is 6.61. The third-order valence-corrected chi connectivity index (χ3v) is 3.75. The van der Waals surface area contributed by atoms with Gasteiger partial charge in [0, 0.05) is 7.05 Å². The number of aryl methyl sites for hydroxylation is 1. The largest absolute Gasteiger partial charge is 0.308 e. The Labute approximate surface area is 98.9 Å². The van der Waals surface area contributed by atoms with Gasteiger partial charge in [-0.3, -0.25) is 4.79 Å². The van der Waals surface area contributed by atoms with Crippen molar-refractivity contribution < 1.29 is 0 Å². The number of nitrogens with zero attached hydrogens (tertiary/aromatic N) is 2. The van der Waals surface area contributed by atoms with Crippen molar-refractivity contribution in [1.29, 1.82) is 0 Å². The molecule has 0 bridgehead atoms. The standard InChI is InChI=1S/C9H6ClIN2O/c1-13-7(14)4-12-6-3-2-5(10)8(11)9(6)13/h2-4H,1H3. The van der Waals surface area contributed by atoms with E-state index in [9.17, 15) is 4.79 Å².